The van der Waals surface area contributed by atoms with Crippen LogP contribution in [0.3, 0.4) is 0 Å². The van der Waals surface area contributed by atoms with Gasteiger partial charge in [0.1, 0.15) is 12.9 Å². The number of imidazole rings is 1. The molecule has 8 nitrogen and oxygen atoms in total. The van der Waals surface area contributed by atoms with E-state index >= 15 is 0 Å². The summed E-state index contributed by atoms with van der Waals surface area (Å²) < 4.78 is 7.06. The molecule has 0 saturated heterocycles. The Morgan fingerprint density at radius 2 is 2.35 bits per heavy atom. The molecule has 0 aliphatic rings. The number of aryl methyl sites for hydroxylation is 1. The van der Waals surface area contributed by atoms with Crippen LogP contribution in [-0.4, -0.2) is 42.3 Å². The molecule has 0 aliphatic heterocycles. The van der Waals surface area contributed by atoms with Gasteiger partial charge in [-0.2, -0.15) is 4.68 Å². The quantitative estimate of drug-likeness (QED) is 0.554. The normalized spacial score (nSPS) is 10.7. The van der Waals surface area contributed by atoms with Crippen LogP contribution in [0.25, 0.3) is 5.65 Å². The van der Waals surface area contributed by atoms with Crippen LogP contribution in [0.1, 0.15) is 10.5 Å². The third-order valence-electron chi connectivity index (χ3n) is 2.00. The van der Waals surface area contributed by atoms with Gasteiger partial charge in [0.2, 0.25) is 0 Å². The van der Waals surface area contributed by atoms with Crippen molar-refractivity contribution in [1.29, 1.82) is 0 Å². The first-order chi connectivity index (χ1) is 8.15. The fraction of sp³-hybridized carbons (Fsp3) is 0.375. The van der Waals surface area contributed by atoms with Crippen molar-refractivity contribution in [1.82, 2.24) is 24.4 Å². The molecule has 2 heterocycles. The van der Waals surface area contributed by atoms with Gasteiger partial charge in [-0.15, -0.1) is 5.10 Å². The summed E-state index contributed by atoms with van der Waals surface area (Å²) in [5.41, 5.74) is -0.356. The lowest BCUT2D eigenvalue weighted by Crippen LogP contribution is -2.27. The molecule has 0 aliphatic carbocycles. The standard InChI is InChI=1S/C8H8BrN5O3/c1-13-8(16)14-4-10-5(6(14)11-12-13)7(15)17-3-2-9/h4H,2-3H2,1H3. The Labute approximate surface area is 103 Å². The van der Waals surface area contributed by atoms with Crippen molar-refractivity contribution < 1.29 is 9.53 Å². The zero-order chi connectivity index (χ0) is 12.4. The van der Waals surface area contributed by atoms with Gasteiger partial charge in [0.15, 0.2) is 11.3 Å². The van der Waals surface area contributed by atoms with E-state index in [0.29, 0.717) is 5.33 Å². The highest BCUT2D eigenvalue weighted by molar-refractivity contribution is 9.09. The summed E-state index contributed by atoms with van der Waals surface area (Å²) >= 11 is 3.13. The second-order valence-electron chi connectivity index (χ2n) is 3.11. The topological polar surface area (TPSA) is 91.4 Å². The zero-order valence-electron chi connectivity index (χ0n) is 8.83. The number of hydrogen-bond acceptors (Lipinski definition) is 6. The summed E-state index contributed by atoms with van der Waals surface area (Å²) in [7, 11) is 1.46. The van der Waals surface area contributed by atoms with Crippen molar-refractivity contribution in [2.45, 2.75) is 0 Å². The molecule has 17 heavy (non-hydrogen) atoms. The van der Waals surface area contributed by atoms with Crippen LogP contribution >= 0.6 is 15.9 Å². The molecule has 0 amide bonds. The van der Waals surface area contributed by atoms with Crippen molar-refractivity contribution in [3.05, 3.63) is 22.5 Å². The second kappa shape index (κ2) is 4.62. The van der Waals surface area contributed by atoms with Gasteiger partial charge in [0, 0.05) is 12.4 Å². The molecule has 90 valence electrons. The van der Waals surface area contributed by atoms with E-state index < -0.39 is 11.7 Å². The van der Waals surface area contributed by atoms with E-state index in [1.165, 1.54) is 13.4 Å². The molecule has 2 aromatic heterocycles. The molecule has 0 radical (unpaired) electrons. The Morgan fingerprint density at radius 3 is 3.06 bits per heavy atom. The number of nitrogens with zero attached hydrogens (tertiary/aromatic N) is 5. The molecule has 2 rings (SSSR count). The monoisotopic (exact) mass is 301 g/mol. The van der Waals surface area contributed by atoms with Crippen molar-refractivity contribution in [3.8, 4) is 0 Å². The Kier molecular flexibility index (Phi) is 3.18. The van der Waals surface area contributed by atoms with Crippen molar-refractivity contribution in [2.24, 2.45) is 7.05 Å². The smallest absolute Gasteiger partial charge is 0.361 e. The number of rotatable bonds is 3. The Hall–Kier alpha value is -1.77. The number of halogens is 1. The highest BCUT2D eigenvalue weighted by Gasteiger charge is 2.18. The summed E-state index contributed by atoms with van der Waals surface area (Å²) in [6.45, 7) is 0.218. The molecule has 0 unspecified atom stereocenters. The van der Waals surface area contributed by atoms with Crippen LogP contribution in [0.4, 0.5) is 0 Å². The molecule has 0 bridgehead atoms. The fourth-order valence-electron chi connectivity index (χ4n) is 1.22. The molecule has 0 aromatic carbocycles. The van der Waals surface area contributed by atoms with Crippen molar-refractivity contribution in [2.75, 3.05) is 11.9 Å². The minimum absolute atomic E-state index is 0.0175. The van der Waals surface area contributed by atoms with E-state index in [9.17, 15) is 9.59 Å². The van der Waals surface area contributed by atoms with Crippen LogP contribution in [0, 0.1) is 0 Å². The van der Waals surface area contributed by atoms with E-state index in [4.69, 9.17) is 4.74 Å². The van der Waals surface area contributed by atoms with Crippen LogP contribution in [0.5, 0.6) is 0 Å². The fourth-order valence-corrected chi connectivity index (χ4v) is 1.39. The SMILES string of the molecule is Cn1nnc2c(C(=O)OCCBr)ncn2c1=O. The zero-order valence-corrected chi connectivity index (χ0v) is 10.4. The summed E-state index contributed by atoms with van der Waals surface area (Å²) in [4.78, 5) is 27.0. The first kappa shape index (κ1) is 11.7. The van der Waals surface area contributed by atoms with Gasteiger partial charge in [-0.1, -0.05) is 21.1 Å². The Balaban J connectivity index is 2.47. The number of esters is 1. The maximum absolute atomic E-state index is 11.6. The first-order valence-electron chi connectivity index (χ1n) is 4.65. The number of aromatic nitrogens is 5. The van der Waals surface area contributed by atoms with Crippen molar-refractivity contribution in [3.63, 3.8) is 0 Å². The van der Waals surface area contributed by atoms with E-state index in [1.807, 2.05) is 0 Å². The largest absolute Gasteiger partial charge is 0.460 e. The van der Waals surface area contributed by atoms with Crippen LogP contribution < -0.4 is 5.69 Å². The number of carbonyl (C=O) groups is 1. The van der Waals surface area contributed by atoms with Gasteiger partial charge in [-0.05, 0) is 0 Å². The van der Waals surface area contributed by atoms with E-state index in [0.717, 1.165) is 9.08 Å². The maximum atomic E-state index is 11.6. The maximum Gasteiger partial charge on any atom is 0.361 e. The average Bonchev–Trinajstić information content (AvgIpc) is 2.75. The van der Waals surface area contributed by atoms with Crippen LogP contribution in [-0.2, 0) is 11.8 Å². The molecule has 0 atom stereocenters. The first-order valence-corrected chi connectivity index (χ1v) is 5.77. The highest BCUT2D eigenvalue weighted by atomic mass is 79.9. The van der Waals surface area contributed by atoms with Crippen LogP contribution in [0.2, 0.25) is 0 Å². The highest BCUT2D eigenvalue weighted by Crippen LogP contribution is 2.04. The molecule has 2 aromatic rings. The van der Waals surface area contributed by atoms with Gasteiger partial charge in [-0.25, -0.2) is 19.0 Å². The molecule has 0 saturated carbocycles. The number of hydrogen-bond donors (Lipinski definition) is 0. The third-order valence-corrected chi connectivity index (χ3v) is 2.33. The minimum atomic E-state index is -0.630. The van der Waals surface area contributed by atoms with Gasteiger partial charge >= 0.3 is 11.7 Å². The summed E-state index contributed by atoms with van der Waals surface area (Å²) in [5, 5.41) is 7.84. The van der Waals surface area contributed by atoms with Crippen LogP contribution in [0.15, 0.2) is 11.1 Å². The predicted molar refractivity (Wildman–Crippen MR) is 60.1 cm³/mol. The lowest BCUT2D eigenvalue weighted by atomic mass is 10.4. The Morgan fingerprint density at radius 1 is 1.59 bits per heavy atom. The lowest BCUT2D eigenvalue weighted by molar-refractivity contribution is 0.0527. The summed E-state index contributed by atoms with van der Waals surface area (Å²) in [5.74, 6) is -0.630. The number of alkyl halides is 1. The molecular weight excluding hydrogens is 294 g/mol. The van der Waals surface area contributed by atoms with E-state index in [-0.39, 0.29) is 17.9 Å². The van der Waals surface area contributed by atoms with Crippen molar-refractivity contribution >= 4 is 27.5 Å². The van der Waals surface area contributed by atoms with Gasteiger partial charge < -0.3 is 4.74 Å². The number of ether oxygens (including phenoxy) is 1. The number of fused-ring (bicyclic) bond motifs is 1. The second-order valence-corrected chi connectivity index (χ2v) is 3.90. The van der Waals surface area contributed by atoms with Gasteiger partial charge in [-0.3, -0.25) is 0 Å². The minimum Gasteiger partial charge on any atom is -0.460 e. The predicted octanol–water partition coefficient (Wildman–Crippen LogP) is -0.625. The third kappa shape index (κ3) is 2.05. The number of carbonyl (C=O) groups excluding carboxylic acids is 1. The molecular formula is C8H8BrN5O3. The summed E-state index contributed by atoms with van der Waals surface area (Å²) in [6.07, 6.45) is 1.22. The molecule has 0 fully saturated rings. The van der Waals surface area contributed by atoms with E-state index in [1.54, 1.807) is 0 Å². The molecule has 9 heteroatoms. The summed E-state index contributed by atoms with van der Waals surface area (Å²) in [6, 6.07) is 0. The molecule has 0 N–H and O–H groups in total. The van der Waals surface area contributed by atoms with E-state index in [2.05, 4.69) is 31.2 Å². The Bertz CT molecular complexity index is 619. The lowest BCUT2D eigenvalue weighted by Gasteiger charge is -1.99. The van der Waals surface area contributed by atoms with Gasteiger partial charge in [0.25, 0.3) is 0 Å². The molecule has 0 spiro atoms. The average molecular weight is 302 g/mol. The van der Waals surface area contributed by atoms with Gasteiger partial charge in [0.05, 0.1) is 0 Å².